The number of likely N-dealkylation sites (N-methyl/N-ethyl adjacent to an activating group) is 1. The van der Waals surface area contributed by atoms with Crippen molar-refractivity contribution in [3.63, 3.8) is 0 Å². The van der Waals surface area contributed by atoms with Crippen LogP contribution >= 0.6 is 0 Å². The third-order valence-corrected chi connectivity index (χ3v) is 6.71. The molecule has 0 bridgehead atoms. The molecule has 0 aromatic heterocycles. The van der Waals surface area contributed by atoms with Crippen LogP contribution in [0.25, 0.3) is 5.57 Å². The zero-order valence-corrected chi connectivity index (χ0v) is 21.9. The van der Waals surface area contributed by atoms with Crippen molar-refractivity contribution in [3.8, 4) is 11.5 Å². The molecule has 0 fully saturated rings. The molecule has 0 radical (unpaired) electrons. The molecule has 0 atom stereocenters. The summed E-state index contributed by atoms with van der Waals surface area (Å²) in [5.74, 6) is 1.52. The highest BCUT2D eigenvalue weighted by molar-refractivity contribution is 6.16. The molecule has 4 nitrogen and oxygen atoms in total. The van der Waals surface area contributed by atoms with E-state index >= 15 is 0 Å². The molecule has 0 amide bonds. The van der Waals surface area contributed by atoms with E-state index in [9.17, 15) is 4.79 Å². The van der Waals surface area contributed by atoms with E-state index in [-0.39, 0.29) is 11.9 Å². The molecule has 1 aliphatic carbocycles. The maximum absolute atomic E-state index is 14.0. The Labute approximate surface area is 215 Å². The number of allylic oxidation sites excluding steroid dienone is 1. The molecule has 3 aromatic carbocycles. The van der Waals surface area contributed by atoms with Crippen molar-refractivity contribution in [2.45, 2.75) is 46.6 Å². The number of rotatable bonds is 11. The van der Waals surface area contributed by atoms with Crippen LogP contribution in [0.15, 0.2) is 78.4 Å². The predicted octanol–water partition coefficient (Wildman–Crippen LogP) is 6.83. The Hall–Kier alpha value is -3.37. The molecular weight excluding hydrogens is 446 g/mol. The molecular formula is C32H37NO3. The molecule has 0 unspecified atom stereocenters. The fourth-order valence-electron chi connectivity index (χ4n) is 4.81. The maximum atomic E-state index is 14.0. The lowest BCUT2D eigenvalue weighted by Crippen LogP contribution is -2.27. The van der Waals surface area contributed by atoms with Crippen molar-refractivity contribution in [2.75, 3.05) is 26.2 Å². The van der Waals surface area contributed by atoms with Crippen LogP contribution in [0.4, 0.5) is 0 Å². The Morgan fingerprint density at radius 2 is 1.58 bits per heavy atom. The van der Waals surface area contributed by atoms with E-state index in [1.54, 1.807) is 0 Å². The first-order chi connectivity index (χ1) is 17.5. The highest BCUT2D eigenvalue weighted by Crippen LogP contribution is 2.39. The summed E-state index contributed by atoms with van der Waals surface area (Å²) >= 11 is 0. The summed E-state index contributed by atoms with van der Waals surface area (Å²) < 4.78 is 12.0. The van der Waals surface area contributed by atoms with Gasteiger partial charge in [-0.05, 0) is 86.3 Å². The largest absolute Gasteiger partial charge is 0.492 e. The number of benzene rings is 3. The fraction of sp³-hybridized carbons (Fsp3) is 0.344. The van der Waals surface area contributed by atoms with Crippen LogP contribution in [-0.4, -0.2) is 43.0 Å². The highest BCUT2D eigenvalue weighted by atomic mass is 16.5. The van der Waals surface area contributed by atoms with Crippen molar-refractivity contribution >= 4 is 11.4 Å². The molecule has 4 rings (SSSR count). The molecule has 0 heterocycles. The Kier molecular flexibility index (Phi) is 8.61. The van der Waals surface area contributed by atoms with Gasteiger partial charge in [0, 0.05) is 12.1 Å². The average molecular weight is 484 g/mol. The number of nitrogens with zero attached hydrogens (tertiary/aromatic N) is 1. The van der Waals surface area contributed by atoms with Gasteiger partial charge in [-0.2, -0.15) is 0 Å². The third kappa shape index (κ3) is 5.88. The minimum atomic E-state index is -0.00578. The minimum absolute atomic E-state index is 0.00578. The second-order valence-electron chi connectivity index (χ2n) is 9.40. The Morgan fingerprint density at radius 3 is 2.31 bits per heavy atom. The first kappa shape index (κ1) is 25.7. The van der Waals surface area contributed by atoms with E-state index in [0.29, 0.717) is 24.3 Å². The van der Waals surface area contributed by atoms with Gasteiger partial charge in [-0.25, -0.2) is 0 Å². The van der Waals surface area contributed by atoms with Crippen LogP contribution in [0.1, 0.15) is 61.2 Å². The minimum Gasteiger partial charge on any atom is -0.492 e. The number of aryl methyl sites for hydroxylation is 1. The fourth-order valence-corrected chi connectivity index (χ4v) is 4.81. The smallest absolute Gasteiger partial charge is 0.193 e. The molecule has 3 aromatic rings. The van der Waals surface area contributed by atoms with Gasteiger partial charge < -0.3 is 14.4 Å². The van der Waals surface area contributed by atoms with Gasteiger partial charge in [-0.3, -0.25) is 4.79 Å². The zero-order valence-electron chi connectivity index (χ0n) is 21.9. The van der Waals surface area contributed by atoms with E-state index in [4.69, 9.17) is 9.47 Å². The molecule has 0 saturated carbocycles. The molecule has 0 spiro atoms. The second kappa shape index (κ2) is 12.0. The lowest BCUT2D eigenvalue weighted by atomic mass is 9.79. The lowest BCUT2D eigenvalue weighted by Gasteiger charge is -2.24. The summed E-state index contributed by atoms with van der Waals surface area (Å²) in [6.07, 6.45) is 1.54. The van der Waals surface area contributed by atoms with Gasteiger partial charge in [0.25, 0.3) is 0 Å². The first-order valence-corrected chi connectivity index (χ1v) is 13.1. The lowest BCUT2D eigenvalue weighted by molar-refractivity contribution is 0.102. The summed E-state index contributed by atoms with van der Waals surface area (Å²) in [6.45, 7) is 11.9. The summed E-state index contributed by atoms with van der Waals surface area (Å²) in [7, 11) is 0. The van der Waals surface area contributed by atoms with Crippen LogP contribution < -0.4 is 9.47 Å². The number of carbonyl (C=O) groups excluding carboxylic acids is 1. The molecule has 1 aliphatic rings. The molecule has 4 heteroatoms. The van der Waals surface area contributed by atoms with Crippen molar-refractivity contribution in [2.24, 2.45) is 0 Å². The van der Waals surface area contributed by atoms with Crippen molar-refractivity contribution in [1.29, 1.82) is 0 Å². The van der Waals surface area contributed by atoms with Crippen LogP contribution in [-0.2, 0) is 6.42 Å². The molecule has 0 N–H and O–H groups in total. The van der Waals surface area contributed by atoms with Crippen molar-refractivity contribution < 1.29 is 14.3 Å². The van der Waals surface area contributed by atoms with Gasteiger partial charge in [0.1, 0.15) is 18.1 Å². The van der Waals surface area contributed by atoms with E-state index in [0.717, 1.165) is 54.1 Å². The van der Waals surface area contributed by atoms with Crippen LogP contribution in [0.2, 0.25) is 0 Å². The highest BCUT2D eigenvalue weighted by Gasteiger charge is 2.27. The van der Waals surface area contributed by atoms with Gasteiger partial charge in [-0.1, -0.05) is 62.4 Å². The number of para-hydroxylation sites is 1. The Bertz CT molecular complexity index is 1210. The van der Waals surface area contributed by atoms with Crippen molar-refractivity contribution in [3.05, 3.63) is 101 Å². The number of ketones is 1. The molecule has 188 valence electrons. The SMILES string of the molecule is CCN(CC)CCOc1ccc(C2=C(C(=O)c3ccccc3OC(C)C)CCc3ccccc32)cc1. The van der Waals surface area contributed by atoms with Gasteiger partial charge >= 0.3 is 0 Å². The number of fused-ring (bicyclic) bond motifs is 1. The number of hydrogen-bond donors (Lipinski definition) is 0. The van der Waals surface area contributed by atoms with E-state index in [1.165, 1.54) is 5.56 Å². The summed E-state index contributed by atoms with van der Waals surface area (Å²) in [5.41, 5.74) is 5.90. The molecule has 0 saturated heterocycles. The number of Topliss-reactive ketones (excluding diaryl/α,β-unsaturated/α-hetero) is 1. The monoisotopic (exact) mass is 483 g/mol. The standard InChI is InChI=1S/C32H37NO3/c1-5-33(6-2)21-22-35-26-18-15-25(16-19-26)31-27-12-8-7-11-24(27)17-20-29(31)32(34)28-13-9-10-14-30(28)36-23(3)4/h7-16,18-19,23H,5-6,17,20-22H2,1-4H3. The zero-order chi connectivity index (χ0) is 25.5. The Balaban J connectivity index is 1.69. The maximum Gasteiger partial charge on any atom is 0.193 e. The van der Waals surface area contributed by atoms with Crippen LogP contribution in [0, 0.1) is 0 Å². The summed E-state index contributed by atoms with van der Waals surface area (Å²) in [4.78, 5) is 16.3. The van der Waals surface area contributed by atoms with Gasteiger partial charge in [0.2, 0.25) is 0 Å². The number of hydrogen-bond acceptors (Lipinski definition) is 4. The summed E-state index contributed by atoms with van der Waals surface area (Å²) in [5, 5.41) is 0. The third-order valence-electron chi connectivity index (χ3n) is 6.71. The van der Waals surface area contributed by atoms with E-state index in [1.807, 2.05) is 56.3 Å². The van der Waals surface area contributed by atoms with Gasteiger partial charge in [0.15, 0.2) is 5.78 Å². The van der Waals surface area contributed by atoms with Gasteiger partial charge in [0.05, 0.1) is 11.7 Å². The number of ether oxygens (including phenoxy) is 2. The van der Waals surface area contributed by atoms with Gasteiger partial charge in [-0.15, -0.1) is 0 Å². The predicted molar refractivity (Wildman–Crippen MR) is 147 cm³/mol. The van der Waals surface area contributed by atoms with Crippen molar-refractivity contribution in [1.82, 2.24) is 4.90 Å². The summed E-state index contributed by atoms with van der Waals surface area (Å²) in [6, 6.07) is 24.2. The average Bonchev–Trinajstić information content (AvgIpc) is 2.90. The first-order valence-electron chi connectivity index (χ1n) is 13.1. The van der Waals surface area contributed by atoms with Crippen LogP contribution in [0.3, 0.4) is 0 Å². The molecule has 36 heavy (non-hydrogen) atoms. The van der Waals surface area contributed by atoms with E-state index in [2.05, 4.69) is 49.1 Å². The number of carbonyl (C=O) groups is 1. The normalized spacial score (nSPS) is 13.2. The quantitative estimate of drug-likeness (QED) is 0.280. The topological polar surface area (TPSA) is 38.8 Å². The second-order valence-corrected chi connectivity index (χ2v) is 9.40. The van der Waals surface area contributed by atoms with Crippen LogP contribution in [0.5, 0.6) is 11.5 Å². The Morgan fingerprint density at radius 1 is 0.889 bits per heavy atom. The molecule has 0 aliphatic heterocycles. The van der Waals surface area contributed by atoms with E-state index < -0.39 is 0 Å².